The van der Waals surface area contributed by atoms with Crippen molar-refractivity contribution in [2.75, 3.05) is 13.7 Å². The van der Waals surface area contributed by atoms with Crippen LogP contribution in [0.5, 0.6) is 0 Å². The molecule has 2 heterocycles. The van der Waals surface area contributed by atoms with E-state index in [-0.39, 0.29) is 6.04 Å². The monoisotopic (exact) mass is 359 g/mol. The first-order chi connectivity index (χ1) is 9.67. The van der Waals surface area contributed by atoms with Crippen molar-refractivity contribution in [3.8, 4) is 0 Å². The number of hydrogen-bond donors (Lipinski definition) is 2. The molecule has 2 aromatic rings. The Labute approximate surface area is 130 Å². The number of pyridine rings is 1. The summed E-state index contributed by atoms with van der Waals surface area (Å²) in [6.45, 7) is 1.20. The summed E-state index contributed by atoms with van der Waals surface area (Å²) in [4.78, 5) is 3.97. The van der Waals surface area contributed by atoms with E-state index in [2.05, 4.69) is 31.4 Å². The molecule has 3 N–H and O–H groups in total. The maximum Gasteiger partial charge on any atom is 0.129 e. The zero-order chi connectivity index (χ0) is 14.5. The van der Waals surface area contributed by atoms with Gasteiger partial charge in [0.05, 0.1) is 35.6 Å². The van der Waals surface area contributed by atoms with Crippen LogP contribution in [-0.2, 0) is 11.3 Å². The van der Waals surface area contributed by atoms with Crippen LogP contribution >= 0.6 is 27.5 Å². The van der Waals surface area contributed by atoms with Gasteiger partial charge in [-0.05, 0) is 33.6 Å². The molecule has 0 aromatic carbocycles. The minimum absolute atomic E-state index is 0.246. The molecule has 0 bridgehead atoms. The second-order valence-electron chi connectivity index (χ2n) is 4.11. The van der Waals surface area contributed by atoms with E-state index < -0.39 is 0 Å². The first-order valence-corrected chi connectivity index (χ1v) is 7.12. The quantitative estimate of drug-likeness (QED) is 0.467. The number of ether oxygens (including phenoxy) is 1. The molecular formula is C12H15BrClN5O. The number of methoxy groups -OCH3 is 1. The third kappa shape index (κ3) is 3.36. The molecule has 0 radical (unpaired) electrons. The van der Waals surface area contributed by atoms with Crippen molar-refractivity contribution in [3.63, 3.8) is 0 Å². The van der Waals surface area contributed by atoms with Crippen molar-refractivity contribution in [2.24, 2.45) is 5.84 Å². The maximum absolute atomic E-state index is 5.94. The molecule has 2 aromatic heterocycles. The summed E-state index contributed by atoms with van der Waals surface area (Å²) >= 11 is 9.43. The predicted octanol–water partition coefficient (Wildman–Crippen LogP) is 1.89. The number of hydrogen-bond acceptors (Lipinski definition) is 5. The van der Waals surface area contributed by atoms with E-state index >= 15 is 0 Å². The van der Waals surface area contributed by atoms with Gasteiger partial charge < -0.3 is 4.74 Å². The zero-order valence-corrected chi connectivity index (χ0v) is 13.2. The lowest BCUT2D eigenvalue weighted by Gasteiger charge is -2.19. The van der Waals surface area contributed by atoms with Crippen molar-refractivity contribution in [2.45, 2.75) is 12.6 Å². The average Bonchev–Trinajstić information content (AvgIpc) is 2.79. The Morgan fingerprint density at radius 2 is 2.40 bits per heavy atom. The first-order valence-electron chi connectivity index (χ1n) is 5.95. The number of nitrogens with zero attached hydrogens (tertiary/aromatic N) is 3. The van der Waals surface area contributed by atoms with E-state index in [4.69, 9.17) is 22.2 Å². The molecule has 1 unspecified atom stereocenters. The molecule has 1 atom stereocenters. The Bertz CT molecular complexity index is 577. The van der Waals surface area contributed by atoms with Gasteiger partial charge >= 0.3 is 0 Å². The summed E-state index contributed by atoms with van der Waals surface area (Å²) in [5.41, 5.74) is 4.61. The molecule has 0 fully saturated rings. The van der Waals surface area contributed by atoms with Gasteiger partial charge in [0.25, 0.3) is 0 Å². The highest BCUT2D eigenvalue weighted by atomic mass is 79.9. The molecule has 108 valence electrons. The van der Waals surface area contributed by atoms with E-state index in [1.807, 2.05) is 10.7 Å². The van der Waals surface area contributed by atoms with E-state index in [0.717, 1.165) is 15.7 Å². The van der Waals surface area contributed by atoms with Gasteiger partial charge in [0, 0.05) is 13.3 Å². The summed E-state index contributed by atoms with van der Waals surface area (Å²) in [5.74, 6) is 5.71. The van der Waals surface area contributed by atoms with E-state index in [1.54, 1.807) is 25.6 Å². The van der Waals surface area contributed by atoms with Gasteiger partial charge in [0.15, 0.2) is 0 Å². The highest BCUT2D eigenvalue weighted by Gasteiger charge is 2.21. The van der Waals surface area contributed by atoms with Crippen LogP contribution < -0.4 is 11.3 Å². The third-order valence-electron chi connectivity index (χ3n) is 2.86. The minimum atomic E-state index is -0.246. The van der Waals surface area contributed by atoms with Crippen molar-refractivity contribution < 1.29 is 4.74 Å². The SMILES string of the molecule is COCCn1ncc(Br)c1C(NN)c1ccnc(Cl)c1. The summed E-state index contributed by atoms with van der Waals surface area (Å²) in [6, 6.07) is 3.38. The maximum atomic E-state index is 5.94. The molecule has 2 rings (SSSR count). The summed E-state index contributed by atoms with van der Waals surface area (Å²) in [6.07, 6.45) is 3.38. The second-order valence-corrected chi connectivity index (χ2v) is 5.35. The molecule has 0 aliphatic carbocycles. The van der Waals surface area contributed by atoms with Gasteiger partial charge in [-0.3, -0.25) is 10.5 Å². The molecule has 8 heteroatoms. The fraction of sp³-hybridized carbons (Fsp3) is 0.333. The normalized spacial score (nSPS) is 12.6. The van der Waals surface area contributed by atoms with Gasteiger partial charge in [-0.15, -0.1) is 0 Å². The van der Waals surface area contributed by atoms with Crippen molar-refractivity contribution in [1.82, 2.24) is 20.2 Å². The van der Waals surface area contributed by atoms with E-state index in [9.17, 15) is 0 Å². The first kappa shape index (κ1) is 15.4. The van der Waals surface area contributed by atoms with Crippen LogP contribution in [-0.4, -0.2) is 28.5 Å². The van der Waals surface area contributed by atoms with E-state index in [0.29, 0.717) is 18.3 Å². The molecular weight excluding hydrogens is 346 g/mol. The lowest BCUT2D eigenvalue weighted by molar-refractivity contribution is 0.182. The van der Waals surface area contributed by atoms with Crippen molar-refractivity contribution in [1.29, 1.82) is 0 Å². The minimum Gasteiger partial charge on any atom is -0.383 e. The predicted molar refractivity (Wildman–Crippen MR) is 80.2 cm³/mol. The molecule has 6 nitrogen and oxygen atoms in total. The highest BCUT2D eigenvalue weighted by molar-refractivity contribution is 9.10. The van der Waals surface area contributed by atoms with Crippen molar-refractivity contribution in [3.05, 3.63) is 45.4 Å². The van der Waals surface area contributed by atoms with Gasteiger partial charge in [0.2, 0.25) is 0 Å². The summed E-state index contributed by atoms with van der Waals surface area (Å²) in [5, 5.41) is 4.73. The van der Waals surface area contributed by atoms with Gasteiger partial charge in [-0.2, -0.15) is 5.10 Å². The molecule has 0 aliphatic rings. The van der Waals surface area contributed by atoms with Gasteiger partial charge in [-0.25, -0.2) is 10.4 Å². The number of halogens is 2. The van der Waals surface area contributed by atoms with Crippen LogP contribution in [0.1, 0.15) is 17.3 Å². The van der Waals surface area contributed by atoms with Gasteiger partial charge in [-0.1, -0.05) is 11.6 Å². The topological polar surface area (TPSA) is 78.0 Å². The Morgan fingerprint density at radius 3 is 3.05 bits per heavy atom. The number of nitrogens with one attached hydrogen (secondary N) is 1. The Morgan fingerprint density at radius 1 is 1.60 bits per heavy atom. The van der Waals surface area contributed by atoms with Crippen molar-refractivity contribution >= 4 is 27.5 Å². The number of hydrazine groups is 1. The summed E-state index contributed by atoms with van der Waals surface area (Å²) in [7, 11) is 1.65. The molecule has 0 saturated heterocycles. The average molecular weight is 361 g/mol. The smallest absolute Gasteiger partial charge is 0.129 e. The van der Waals surface area contributed by atoms with Crippen LogP contribution in [0.3, 0.4) is 0 Å². The fourth-order valence-corrected chi connectivity index (χ4v) is 2.65. The standard InChI is InChI=1S/C12H15BrClN5O/c1-20-5-4-19-12(9(13)7-17-19)11(18-15)8-2-3-16-10(14)6-8/h2-3,6-7,11,18H,4-5,15H2,1H3. The lowest BCUT2D eigenvalue weighted by Crippen LogP contribution is -2.31. The fourth-order valence-electron chi connectivity index (χ4n) is 1.94. The van der Waals surface area contributed by atoms with Crippen LogP contribution in [0.2, 0.25) is 5.15 Å². The summed E-state index contributed by atoms with van der Waals surface area (Å²) < 4.78 is 7.79. The van der Waals surface area contributed by atoms with Gasteiger partial charge in [0.1, 0.15) is 5.15 Å². The lowest BCUT2D eigenvalue weighted by atomic mass is 10.1. The zero-order valence-electron chi connectivity index (χ0n) is 10.9. The third-order valence-corrected chi connectivity index (χ3v) is 3.68. The molecule has 0 amide bonds. The van der Waals surface area contributed by atoms with Crippen LogP contribution in [0.15, 0.2) is 29.0 Å². The van der Waals surface area contributed by atoms with Crippen LogP contribution in [0.25, 0.3) is 0 Å². The van der Waals surface area contributed by atoms with Crippen LogP contribution in [0, 0.1) is 0 Å². The van der Waals surface area contributed by atoms with E-state index in [1.165, 1.54) is 0 Å². The Balaban J connectivity index is 2.38. The largest absolute Gasteiger partial charge is 0.383 e. The van der Waals surface area contributed by atoms with Crippen LogP contribution in [0.4, 0.5) is 0 Å². The number of aromatic nitrogens is 3. The second kappa shape index (κ2) is 7.14. The Kier molecular flexibility index (Phi) is 5.50. The highest BCUT2D eigenvalue weighted by Crippen LogP contribution is 2.28. The molecule has 0 saturated carbocycles. The number of rotatable bonds is 6. The molecule has 0 aliphatic heterocycles. The molecule has 20 heavy (non-hydrogen) atoms. The number of nitrogens with two attached hydrogens (primary N) is 1. The Hall–Kier alpha value is -0.990. The molecule has 0 spiro atoms.